The van der Waals surface area contributed by atoms with Crippen LogP contribution >= 0.6 is 0 Å². The van der Waals surface area contributed by atoms with Crippen LogP contribution in [0.2, 0.25) is 0 Å². The topological polar surface area (TPSA) is 43.4 Å². The fourth-order valence-electron chi connectivity index (χ4n) is 2.67. The Balaban J connectivity index is 2.56. The summed E-state index contributed by atoms with van der Waals surface area (Å²) in [6, 6.07) is 8.25. The number of hydrogen-bond acceptors (Lipinski definition) is 3. The van der Waals surface area contributed by atoms with Crippen LogP contribution in [-0.4, -0.2) is 14.0 Å². The molecule has 2 atom stereocenters. The van der Waals surface area contributed by atoms with E-state index in [1.54, 1.807) is 43.3 Å². The fourth-order valence-corrected chi connectivity index (χ4v) is 3.91. The van der Waals surface area contributed by atoms with E-state index < -0.39 is 15.7 Å². The molecule has 3 nitrogen and oxygen atoms in total. The van der Waals surface area contributed by atoms with Crippen molar-refractivity contribution in [1.29, 1.82) is 0 Å². The summed E-state index contributed by atoms with van der Waals surface area (Å²) in [5.41, 5.74) is 0.472. The van der Waals surface area contributed by atoms with E-state index in [2.05, 4.69) is 33.4 Å². The molecule has 1 rings (SSSR count). The van der Waals surface area contributed by atoms with Crippen molar-refractivity contribution >= 4 is 10.1 Å². The molecule has 0 unspecified atom stereocenters. The summed E-state index contributed by atoms with van der Waals surface area (Å²) < 4.78 is 30.4. The number of rotatable bonds is 11. The lowest BCUT2D eigenvalue weighted by molar-refractivity contribution is 0.133. The van der Waals surface area contributed by atoms with E-state index in [1.165, 1.54) is 5.57 Å². The molecule has 140 valence electrons. The average Bonchev–Trinajstić information content (AvgIpc) is 2.55. The van der Waals surface area contributed by atoms with Crippen LogP contribution in [0, 0.1) is 5.92 Å². The summed E-state index contributed by atoms with van der Waals surface area (Å²) >= 11 is 0. The van der Waals surface area contributed by atoms with Crippen molar-refractivity contribution in [3.63, 3.8) is 0 Å². The zero-order chi connectivity index (χ0) is 18.9. The second-order valence-corrected chi connectivity index (χ2v) is 8.77. The Kier molecular flexibility index (Phi) is 8.60. The average molecular weight is 365 g/mol. The van der Waals surface area contributed by atoms with Gasteiger partial charge in [-0.15, -0.1) is 6.58 Å². The largest absolute Gasteiger partial charge is 0.297 e. The van der Waals surface area contributed by atoms with Gasteiger partial charge in [0.25, 0.3) is 10.1 Å². The third-order valence-corrected chi connectivity index (χ3v) is 5.80. The molecule has 0 radical (unpaired) electrons. The van der Waals surface area contributed by atoms with Gasteiger partial charge in [0.1, 0.15) is 5.60 Å². The molecule has 0 aliphatic carbocycles. The van der Waals surface area contributed by atoms with Gasteiger partial charge in [0.2, 0.25) is 0 Å². The number of hydrogen-bond donors (Lipinski definition) is 0. The Morgan fingerprint density at radius 3 is 2.44 bits per heavy atom. The SMILES string of the molecule is C=C[C@](C)(CCC[C@H](C)CCC=C(C)C)OS(=O)(=O)c1ccccc1. The molecule has 0 fully saturated rings. The second kappa shape index (κ2) is 9.93. The van der Waals surface area contributed by atoms with Crippen molar-refractivity contribution in [1.82, 2.24) is 0 Å². The predicted molar refractivity (Wildman–Crippen MR) is 105 cm³/mol. The molecule has 1 aromatic carbocycles. The molecule has 0 saturated carbocycles. The summed E-state index contributed by atoms with van der Waals surface area (Å²) in [6.07, 6.45) is 8.70. The van der Waals surface area contributed by atoms with Gasteiger partial charge in [-0.3, -0.25) is 4.18 Å². The minimum absolute atomic E-state index is 0.179. The van der Waals surface area contributed by atoms with Crippen molar-refractivity contribution < 1.29 is 12.6 Å². The van der Waals surface area contributed by atoms with Gasteiger partial charge >= 0.3 is 0 Å². The van der Waals surface area contributed by atoms with E-state index >= 15 is 0 Å². The van der Waals surface area contributed by atoms with E-state index in [9.17, 15) is 8.42 Å². The first-order valence-electron chi connectivity index (χ1n) is 8.96. The number of benzene rings is 1. The lowest BCUT2D eigenvalue weighted by Crippen LogP contribution is -2.29. The third kappa shape index (κ3) is 8.02. The number of allylic oxidation sites excluding steroid dienone is 2. The fraction of sp³-hybridized carbons (Fsp3) is 0.524. The first-order valence-corrected chi connectivity index (χ1v) is 10.4. The maximum Gasteiger partial charge on any atom is 0.297 e. The lowest BCUT2D eigenvalue weighted by Gasteiger charge is -2.26. The van der Waals surface area contributed by atoms with E-state index in [0.717, 1.165) is 25.7 Å². The Hall–Kier alpha value is -1.39. The molecule has 4 heteroatoms. The third-order valence-electron chi connectivity index (χ3n) is 4.35. The van der Waals surface area contributed by atoms with Gasteiger partial charge in [-0.2, -0.15) is 8.42 Å². The van der Waals surface area contributed by atoms with E-state index in [1.807, 2.05) is 0 Å². The van der Waals surface area contributed by atoms with Gasteiger partial charge in [-0.25, -0.2) is 0 Å². The first kappa shape index (κ1) is 21.7. The van der Waals surface area contributed by atoms with Crippen LogP contribution in [-0.2, 0) is 14.3 Å². The normalized spacial score (nSPS) is 15.2. The molecule has 0 spiro atoms. The Labute approximate surface area is 153 Å². The van der Waals surface area contributed by atoms with Gasteiger partial charge in [0, 0.05) is 0 Å². The first-order chi connectivity index (χ1) is 11.7. The van der Waals surface area contributed by atoms with Crippen molar-refractivity contribution in [2.75, 3.05) is 0 Å². The highest BCUT2D eigenvalue weighted by Gasteiger charge is 2.29. The molecule has 0 N–H and O–H groups in total. The molecule has 0 saturated heterocycles. The summed E-state index contributed by atoms with van der Waals surface area (Å²) in [7, 11) is -3.78. The minimum atomic E-state index is -3.78. The van der Waals surface area contributed by atoms with Crippen molar-refractivity contribution in [3.05, 3.63) is 54.6 Å². The highest BCUT2D eigenvalue weighted by atomic mass is 32.2. The van der Waals surface area contributed by atoms with Gasteiger partial charge in [0.05, 0.1) is 4.90 Å². The molecule has 1 aromatic rings. The Morgan fingerprint density at radius 1 is 1.24 bits per heavy atom. The Morgan fingerprint density at radius 2 is 1.88 bits per heavy atom. The van der Waals surface area contributed by atoms with Gasteiger partial charge in [0.15, 0.2) is 0 Å². The molecule has 0 aromatic heterocycles. The van der Waals surface area contributed by atoms with Crippen LogP contribution in [0.15, 0.2) is 59.5 Å². The van der Waals surface area contributed by atoms with Crippen LogP contribution < -0.4 is 0 Å². The highest BCUT2D eigenvalue weighted by molar-refractivity contribution is 7.86. The van der Waals surface area contributed by atoms with Gasteiger partial charge in [-0.05, 0) is 64.5 Å². The zero-order valence-corrected chi connectivity index (χ0v) is 16.8. The molecule has 0 amide bonds. The summed E-state index contributed by atoms with van der Waals surface area (Å²) in [6.45, 7) is 12.0. The molecule has 25 heavy (non-hydrogen) atoms. The van der Waals surface area contributed by atoms with Crippen molar-refractivity contribution in [3.8, 4) is 0 Å². The zero-order valence-electron chi connectivity index (χ0n) is 16.0. The summed E-state index contributed by atoms with van der Waals surface area (Å²) in [5.74, 6) is 0.607. The van der Waals surface area contributed by atoms with Gasteiger partial charge < -0.3 is 0 Å². The molecular weight excluding hydrogens is 332 g/mol. The molecule has 0 aliphatic rings. The summed E-state index contributed by atoms with van der Waals surface area (Å²) in [5, 5.41) is 0. The molecule has 0 aliphatic heterocycles. The summed E-state index contributed by atoms with van der Waals surface area (Å²) in [4.78, 5) is 0.179. The molecule has 0 bridgehead atoms. The van der Waals surface area contributed by atoms with Crippen LogP contribution in [0.5, 0.6) is 0 Å². The molecular formula is C21H32O3S. The predicted octanol–water partition coefficient (Wildman–Crippen LogP) is 5.89. The minimum Gasteiger partial charge on any atom is -0.256 e. The van der Waals surface area contributed by atoms with E-state index in [0.29, 0.717) is 12.3 Å². The highest BCUT2D eigenvalue weighted by Crippen LogP contribution is 2.27. The van der Waals surface area contributed by atoms with Crippen LogP contribution in [0.3, 0.4) is 0 Å². The maximum absolute atomic E-state index is 12.4. The Bertz CT molecular complexity index is 658. The van der Waals surface area contributed by atoms with Crippen LogP contribution in [0.4, 0.5) is 0 Å². The van der Waals surface area contributed by atoms with Crippen molar-refractivity contribution in [2.45, 2.75) is 70.3 Å². The standard InChI is InChI=1S/C21H32O3S/c1-6-21(5,17-11-14-19(4)13-10-12-18(2)3)24-25(22,23)20-15-8-7-9-16-20/h6-9,12,15-16,19H,1,10-11,13-14,17H2,2-5H3/t19-,21-/m1/s1. The van der Waals surface area contributed by atoms with Gasteiger partial charge in [-0.1, -0.05) is 49.3 Å². The smallest absolute Gasteiger partial charge is 0.256 e. The van der Waals surface area contributed by atoms with Crippen LogP contribution in [0.25, 0.3) is 0 Å². The molecule has 0 heterocycles. The van der Waals surface area contributed by atoms with E-state index in [-0.39, 0.29) is 4.90 Å². The second-order valence-electron chi connectivity index (χ2n) is 7.22. The quantitative estimate of drug-likeness (QED) is 0.363. The van der Waals surface area contributed by atoms with E-state index in [4.69, 9.17) is 4.18 Å². The lowest BCUT2D eigenvalue weighted by atomic mass is 9.93. The van der Waals surface area contributed by atoms with Crippen molar-refractivity contribution in [2.24, 2.45) is 5.92 Å². The monoisotopic (exact) mass is 364 g/mol. The maximum atomic E-state index is 12.4. The van der Waals surface area contributed by atoms with Crippen LogP contribution in [0.1, 0.15) is 59.8 Å².